The molecule has 1 aliphatic heterocycles. The van der Waals surface area contributed by atoms with Gasteiger partial charge in [0, 0.05) is 19.0 Å². The zero-order valence-corrected chi connectivity index (χ0v) is 12.4. The number of carbonyl (C=O) groups excluding carboxylic acids is 1. The van der Waals surface area contributed by atoms with Gasteiger partial charge in [-0.1, -0.05) is 32.1 Å². The van der Waals surface area contributed by atoms with E-state index in [1.54, 1.807) is 0 Å². The third-order valence-electron chi connectivity index (χ3n) is 4.83. The summed E-state index contributed by atoms with van der Waals surface area (Å²) < 4.78 is 0. The molecule has 1 N–H and O–H groups in total. The van der Waals surface area contributed by atoms with Crippen LogP contribution in [-0.4, -0.2) is 34.6 Å². The van der Waals surface area contributed by atoms with Crippen LogP contribution < -0.4 is 0 Å². The van der Waals surface area contributed by atoms with Crippen LogP contribution in [0.5, 0.6) is 0 Å². The molecule has 0 bridgehead atoms. The molecule has 3 nitrogen and oxygen atoms in total. The minimum absolute atomic E-state index is 0.253. The fraction of sp³-hybridized carbons (Fsp3) is 0.938. The zero-order chi connectivity index (χ0) is 13.7. The van der Waals surface area contributed by atoms with E-state index < -0.39 is 5.60 Å². The Morgan fingerprint density at radius 3 is 2.32 bits per heavy atom. The summed E-state index contributed by atoms with van der Waals surface area (Å²) in [5.41, 5.74) is -0.573. The molecular weight excluding hydrogens is 238 g/mol. The molecule has 2 fully saturated rings. The van der Waals surface area contributed by atoms with Crippen molar-refractivity contribution in [3.8, 4) is 0 Å². The Bertz CT molecular complexity index is 293. The van der Waals surface area contributed by atoms with Gasteiger partial charge in [0.15, 0.2) is 0 Å². The van der Waals surface area contributed by atoms with Gasteiger partial charge < -0.3 is 10.0 Å². The smallest absolute Gasteiger partial charge is 0.225 e. The quantitative estimate of drug-likeness (QED) is 0.793. The first kappa shape index (κ1) is 14.8. The van der Waals surface area contributed by atoms with Gasteiger partial charge in [0.25, 0.3) is 0 Å². The van der Waals surface area contributed by atoms with Crippen molar-refractivity contribution in [3.05, 3.63) is 0 Å². The molecule has 1 unspecified atom stereocenters. The van der Waals surface area contributed by atoms with Gasteiger partial charge in [-0.3, -0.25) is 4.79 Å². The Kier molecular flexibility index (Phi) is 5.26. The van der Waals surface area contributed by atoms with Crippen LogP contribution in [-0.2, 0) is 4.79 Å². The maximum atomic E-state index is 12.6. The number of hydrogen-bond donors (Lipinski definition) is 1. The third-order valence-corrected chi connectivity index (χ3v) is 4.83. The lowest BCUT2D eigenvalue weighted by Crippen LogP contribution is -2.38. The lowest BCUT2D eigenvalue weighted by Gasteiger charge is -2.28. The molecule has 1 amide bonds. The molecular formula is C16H29NO2. The summed E-state index contributed by atoms with van der Waals surface area (Å²) in [5.74, 6) is 0.614. The summed E-state index contributed by atoms with van der Waals surface area (Å²) in [4.78, 5) is 14.6. The monoisotopic (exact) mass is 267 g/mol. The molecule has 1 atom stereocenters. The van der Waals surface area contributed by atoms with Crippen molar-refractivity contribution in [2.45, 2.75) is 76.7 Å². The van der Waals surface area contributed by atoms with Gasteiger partial charge in [0.1, 0.15) is 0 Å². The van der Waals surface area contributed by atoms with Crippen LogP contribution in [0.25, 0.3) is 0 Å². The van der Waals surface area contributed by atoms with Crippen LogP contribution in [0, 0.1) is 5.92 Å². The van der Waals surface area contributed by atoms with Crippen molar-refractivity contribution >= 4 is 5.91 Å². The summed E-state index contributed by atoms with van der Waals surface area (Å²) in [5, 5.41) is 10.1. The maximum Gasteiger partial charge on any atom is 0.225 e. The highest BCUT2D eigenvalue weighted by molar-refractivity contribution is 5.78. The van der Waals surface area contributed by atoms with Crippen molar-refractivity contribution in [2.75, 3.05) is 13.1 Å². The summed E-state index contributed by atoms with van der Waals surface area (Å²) in [6.45, 7) is 3.48. The molecule has 0 aromatic carbocycles. The van der Waals surface area contributed by atoms with E-state index >= 15 is 0 Å². The fourth-order valence-corrected chi connectivity index (χ4v) is 3.45. The van der Waals surface area contributed by atoms with Gasteiger partial charge in [0.05, 0.1) is 5.60 Å². The standard InChI is InChI=1S/C16H29NO2/c1-16(19)10-7-12-17(13-11-16)15(18)14-8-5-3-2-4-6-9-14/h14,19H,2-13H2,1H3. The Hall–Kier alpha value is -0.570. The van der Waals surface area contributed by atoms with Crippen LogP contribution in [0.2, 0.25) is 0 Å². The van der Waals surface area contributed by atoms with E-state index in [1.807, 2.05) is 11.8 Å². The first-order valence-corrected chi connectivity index (χ1v) is 8.10. The van der Waals surface area contributed by atoms with Crippen LogP contribution in [0.1, 0.15) is 71.1 Å². The molecule has 110 valence electrons. The number of hydrogen-bond acceptors (Lipinski definition) is 2. The van der Waals surface area contributed by atoms with E-state index in [0.717, 1.165) is 45.2 Å². The van der Waals surface area contributed by atoms with Gasteiger partial charge in [-0.2, -0.15) is 0 Å². The lowest BCUT2D eigenvalue weighted by molar-refractivity contribution is -0.136. The topological polar surface area (TPSA) is 40.5 Å². The van der Waals surface area contributed by atoms with Crippen LogP contribution in [0.15, 0.2) is 0 Å². The molecule has 0 aromatic heterocycles. The van der Waals surface area contributed by atoms with Gasteiger partial charge in [-0.25, -0.2) is 0 Å². The molecule has 2 rings (SSSR count). The summed E-state index contributed by atoms with van der Waals surface area (Å²) in [6, 6.07) is 0. The SMILES string of the molecule is CC1(O)CCCN(C(=O)C2CCCCCCC2)CC1. The Morgan fingerprint density at radius 1 is 1.00 bits per heavy atom. The molecule has 1 heterocycles. The van der Waals surface area contributed by atoms with Crippen LogP contribution in [0.4, 0.5) is 0 Å². The van der Waals surface area contributed by atoms with E-state index in [-0.39, 0.29) is 5.92 Å². The molecule has 3 heteroatoms. The number of nitrogens with zero attached hydrogens (tertiary/aromatic N) is 1. The predicted molar refractivity (Wildman–Crippen MR) is 76.9 cm³/mol. The normalized spacial score (nSPS) is 31.4. The number of aliphatic hydroxyl groups is 1. The van der Waals surface area contributed by atoms with Crippen molar-refractivity contribution in [2.24, 2.45) is 5.92 Å². The first-order valence-electron chi connectivity index (χ1n) is 8.10. The Balaban J connectivity index is 1.90. The fourth-order valence-electron chi connectivity index (χ4n) is 3.45. The van der Waals surface area contributed by atoms with Gasteiger partial charge >= 0.3 is 0 Å². The molecule has 2 aliphatic rings. The Morgan fingerprint density at radius 2 is 1.63 bits per heavy atom. The molecule has 0 spiro atoms. The summed E-state index contributed by atoms with van der Waals surface area (Å²) >= 11 is 0. The minimum atomic E-state index is -0.573. The first-order chi connectivity index (χ1) is 9.08. The second-order valence-electron chi connectivity index (χ2n) is 6.72. The average Bonchev–Trinajstić information content (AvgIpc) is 2.49. The van der Waals surface area contributed by atoms with Crippen molar-refractivity contribution in [1.29, 1.82) is 0 Å². The van der Waals surface area contributed by atoms with E-state index in [2.05, 4.69) is 0 Å². The van der Waals surface area contributed by atoms with E-state index in [1.165, 1.54) is 32.1 Å². The highest BCUT2D eigenvalue weighted by Crippen LogP contribution is 2.27. The predicted octanol–water partition coefficient (Wildman–Crippen LogP) is 3.11. The van der Waals surface area contributed by atoms with E-state index in [4.69, 9.17) is 0 Å². The highest BCUT2D eigenvalue weighted by Gasteiger charge is 2.30. The highest BCUT2D eigenvalue weighted by atomic mass is 16.3. The van der Waals surface area contributed by atoms with E-state index in [0.29, 0.717) is 5.91 Å². The maximum absolute atomic E-state index is 12.6. The third kappa shape index (κ3) is 4.48. The minimum Gasteiger partial charge on any atom is -0.390 e. The number of carbonyl (C=O) groups is 1. The van der Waals surface area contributed by atoms with Gasteiger partial charge in [-0.05, 0) is 39.0 Å². The zero-order valence-electron chi connectivity index (χ0n) is 12.4. The molecule has 1 saturated carbocycles. The van der Waals surface area contributed by atoms with Crippen molar-refractivity contribution in [3.63, 3.8) is 0 Å². The van der Waals surface area contributed by atoms with Crippen molar-refractivity contribution < 1.29 is 9.90 Å². The number of likely N-dealkylation sites (tertiary alicyclic amines) is 1. The van der Waals surface area contributed by atoms with Crippen molar-refractivity contribution in [1.82, 2.24) is 4.90 Å². The largest absolute Gasteiger partial charge is 0.390 e. The molecule has 1 aliphatic carbocycles. The number of amides is 1. The van der Waals surface area contributed by atoms with Crippen LogP contribution >= 0.6 is 0 Å². The molecule has 0 aromatic rings. The average molecular weight is 267 g/mol. The van der Waals surface area contributed by atoms with Gasteiger partial charge in [0.2, 0.25) is 5.91 Å². The lowest BCUT2D eigenvalue weighted by atomic mass is 9.90. The summed E-state index contributed by atoms with van der Waals surface area (Å²) in [7, 11) is 0. The number of rotatable bonds is 1. The summed E-state index contributed by atoms with van der Waals surface area (Å²) in [6.07, 6.45) is 11.0. The Labute approximate surface area is 117 Å². The second kappa shape index (κ2) is 6.74. The second-order valence-corrected chi connectivity index (χ2v) is 6.72. The molecule has 19 heavy (non-hydrogen) atoms. The van der Waals surface area contributed by atoms with Gasteiger partial charge in [-0.15, -0.1) is 0 Å². The molecule has 0 radical (unpaired) electrons. The van der Waals surface area contributed by atoms with E-state index in [9.17, 15) is 9.90 Å². The van der Waals surface area contributed by atoms with Crippen LogP contribution in [0.3, 0.4) is 0 Å². The molecule has 1 saturated heterocycles.